The smallest absolute Gasteiger partial charge is 0.251 e. The number of aldehydes is 1. The van der Waals surface area contributed by atoms with Gasteiger partial charge in [0.15, 0.2) is 0 Å². The Labute approximate surface area is 118 Å². The number of amides is 1. The van der Waals surface area contributed by atoms with E-state index in [-0.39, 0.29) is 11.9 Å². The molecular formula is C17H17NO2. The topological polar surface area (TPSA) is 46.2 Å². The maximum absolute atomic E-state index is 12.1. The van der Waals surface area contributed by atoms with Crippen molar-refractivity contribution in [1.29, 1.82) is 0 Å². The number of carbonyl (C=O) groups is 2. The Morgan fingerprint density at radius 1 is 1.00 bits per heavy atom. The lowest BCUT2D eigenvalue weighted by molar-refractivity contribution is -0.108. The minimum Gasteiger partial charge on any atom is -0.349 e. The molecule has 2 aromatic rings. The van der Waals surface area contributed by atoms with Gasteiger partial charge in [-0.05, 0) is 24.1 Å². The highest BCUT2D eigenvalue weighted by Gasteiger charge is 2.13. The van der Waals surface area contributed by atoms with Crippen LogP contribution in [0, 0.1) is 0 Å². The second-order valence-corrected chi connectivity index (χ2v) is 4.63. The van der Waals surface area contributed by atoms with E-state index in [1.54, 1.807) is 12.1 Å². The molecule has 102 valence electrons. The Hall–Kier alpha value is -2.42. The summed E-state index contributed by atoms with van der Waals surface area (Å²) in [6, 6.07) is 18.7. The third-order valence-electron chi connectivity index (χ3n) is 3.08. The summed E-state index contributed by atoms with van der Waals surface area (Å²) in [5.74, 6) is -0.145. The number of nitrogens with one attached hydrogen (secondary N) is 1. The van der Waals surface area contributed by atoms with Crippen molar-refractivity contribution in [3.8, 4) is 0 Å². The van der Waals surface area contributed by atoms with Crippen LogP contribution in [0.3, 0.4) is 0 Å². The monoisotopic (exact) mass is 267 g/mol. The van der Waals surface area contributed by atoms with Gasteiger partial charge in [-0.2, -0.15) is 0 Å². The van der Waals surface area contributed by atoms with Crippen molar-refractivity contribution in [2.45, 2.75) is 18.9 Å². The van der Waals surface area contributed by atoms with Crippen molar-refractivity contribution in [2.24, 2.45) is 0 Å². The fourth-order valence-corrected chi connectivity index (χ4v) is 2.07. The van der Waals surface area contributed by atoms with Crippen LogP contribution in [0.4, 0.5) is 0 Å². The van der Waals surface area contributed by atoms with Crippen molar-refractivity contribution in [3.05, 3.63) is 71.8 Å². The van der Waals surface area contributed by atoms with E-state index >= 15 is 0 Å². The summed E-state index contributed by atoms with van der Waals surface area (Å²) in [6.45, 7) is 0. The highest BCUT2D eigenvalue weighted by molar-refractivity contribution is 5.94. The van der Waals surface area contributed by atoms with E-state index in [0.717, 1.165) is 11.8 Å². The van der Waals surface area contributed by atoms with E-state index < -0.39 is 0 Å². The zero-order chi connectivity index (χ0) is 14.2. The largest absolute Gasteiger partial charge is 0.349 e. The number of hydrogen-bond donors (Lipinski definition) is 1. The van der Waals surface area contributed by atoms with Crippen molar-refractivity contribution >= 4 is 12.2 Å². The highest BCUT2D eigenvalue weighted by atomic mass is 16.1. The number of carbonyl (C=O) groups excluding carboxylic acids is 2. The number of rotatable bonds is 6. The maximum atomic E-state index is 12.1. The molecule has 20 heavy (non-hydrogen) atoms. The summed E-state index contributed by atoms with van der Waals surface area (Å²) in [5, 5.41) is 2.91. The van der Waals surface area contributed by atoms with Gasteiger partial charge in [0.1, 0.15) is 6.29 Å². The third kappa shape index (κ3) is 4.05. The van der Waals surface area contributed by atoms with Crippen molar-refractivity contribution in [1.82, 2.24) is 5.32 Å². The summed E-state index contributed by atoms with van der Waals surface area (Å²) < 4.78 is 0. The Morgan fingerprint density at radius 2 is 1.60 bits per heavy atom. The third-order valence-corrected chi connectivity index (χ3v) is 3.08. The van der Waals surface area contributed by atoms with Gasteiger partial charge in [0.2, 0.25) is 0 Å². The van der Waals surface area contributed by atoms with Gasteiger partial charge in [0, 0.05) is 18.0 Å². The molecule has 1 N–H and O–H groups in total. The average Bonchev–Trinajstić information content (AvgIpc) is 2.49. The van der Waals surface area contributed by atoms with Gasteiger partial charge >= 0.3 is 0 Å². The lowest BCUT2D eigenvalue weighted by atomic mass is 10.0. The summed E-state index contributed by atoms with van der Waals surface area (Å²) in [7, 11) is 0. The Bertz CT molecular complexity index is 552. The first kappa shape index (κ1) is 14.0. The molecular weight excluding hydrogens is 250 g/mol. The SMILES string of the molecule is O=CC[C@H](Cc1ccccc1)NC(=O)c1ccccc1. The van der Waals surface area contributed by atoms with Crippen LogP contribution in [0.1, 0.15) is 22.3 Å². The summed E-state index contributed by atoms with van der Waals surface area (Å²) >= 11 is 0. The van der Waals surface area contributed by atoms with Gasteiger partial charge in [-0.15, -0.1) is 0 Å². The first-order valence-corrected chi connectivity index (χ1v) is 6.63. The van der Waals surface area contributed by atoms with Crippen LogP contribution in [0.25, 0.3) is 0 Å². The minimum atomic E-state index is -0.178. The van der Waals surface area contributed by atoms with E-state index in [9.17, 15) is 9.59 Å². The Balaban J connectivity index is 2.02. The minimum absolute atomic E-state index is 0.145. The zero-order valence-corrected chi connectivity index (χ0v) is 11.2. The molecule has 2 aromatic carbocycles. The molecule has 0 aliphatic carbocycles. The van der Waals surface area contributed by atoms with Gasteiger partial charge in [-0.25, -0.2) is 0 Å². The average molecular weight is 267 g/mol. The highest BCUT2D eigenvalue weighted by Crippen LogP contribution is 2.07. The molecule has 0 saturated carbocycles. The Kier molecular flexibility index (Phi) is 5.07. The molecule has 0 saturated heterocycles. The molecule has 2 rings (SSSR count). The van der Waals surface area contributed by atoms with Crippen molar-refractivity contribution in [2.75, 3.05) is 0 Å². The molecule has 1 atom stereocenters. The van der Waals surface area contributed by atoms with E-state index in [0.29, 0.717) is 18.4 Å². The normalized spacial score (nSPS) is 11.6. The van der Waals surface area contributed by atoms with Gasteiger partial charge < -0.3 is 10.1 Å². The van der Waals surface area contributed by atoms with Gasteiger partial charge in [-0.3, -0.25) is 4.79 Å². The molecule has 0 unspecified atom stereocenters. The first-order chi connectivity index (χ1) is 9.79. The molecule has 0 fully saturated rings. The van der Waals surface area contributed by atoms with E-state index in [1.165, 1.54) is 0 Å². The molecule has 0 aromatic heterocycles. The van der Waals surface area contributed by atoms with Gasteiger partial charge in [-0.1, -0.05) is 48.5 Å². The molecule has 0 spiro atoms. The fourth-order valence-electron chi connectivity index (χ4n) is 2.07. The van der Waals surface area contributed by atoms with Gasteiger partial charge in [0.05, 0.1) is 0 Å². The molecule has 0 aliphatic rings. The predicted molar refractivity (Wildman–Crippen MR) is 78.5 cm³/mol. The maximum Gasteiger partial charge on any atom is 0.251 e. The van der Waals surface area contributed by atoms with E-state index in [1.807, 2.05) is 48.5 Å². The van der Waals surface area contributed by atoms with Crippen LogP contribution in [0.2, 0.25) is 0 Å². The molecule has 0 aliphatic heterocycles. The van der Waals surface area contributed by atoms with Crippen LogP contribution in [0.15, 0.2) is 60.7 Å². The lowest BCUT2D eigenvalue weighted by Gasteiger charge is -2.16. The van der Waals surface area contributed by atoms with E-state index in [2.05, 4.69) is 5.32 Å². The second-order valence-electron chi connectivity index (χ2n) is 4.63. The second kappa shape index (κ2) is 7.24. The quantitative estimate of drug-likeness (QED) is 0.818. The number of hydrogen-bond acceptors (Lipinski definition) is 2. The summed E-state index contributed by atoms with van der Waals surface area (Å²) in [6.07, 6.45) is 1.81. The van der Waals surface area contributed by atoms with Crippen LogP contribution >= 0.6 is 0 Å². The standard InChI is InChI=1S/C17H17NO2/c19-12-11-16(13-14-7-3-1-4-8-14)18-17(20)15-9-5-2-6-10-15/h1-10,12,16H,11,13H2,(H,18,20)/t16-/m1/s1. The van der Waals surface area contributed by atoms with Crippen molar-refractivity contribution in [3.63, 3.8) is 0 Å². The zero-order valence-electron chi connectivity index (χ0n) is 11.2. The van der Waals surface area contributed by atoms with Crippen LogP contribution in [-0.2, 0) is 11.2 Å². The molecule has 1 amide bonds. The van der Waals surface area contributed by atoms with Crippen LogP contribution in [0.5, 0.6) is 0 Å². The molecule has 3 heteroatoms. The molecule has 0 heterocycles. The number of benzene rings is 2. The van der Waals surface area contributed by atoms with Crippen LogP contribution in [-0.4, -0.2) is 18.2 Å². The first-order valence-electron chi connectivity index (χ1n) is 6.63. The fraction of sp³-hybridized carbons (Fsp3) is 0.176. The van der Waals surface area contributed by atoms with Gasteiger partial charge in [0.25, 0.3) is 5.91 Å². The Morgan fingerprint density at radius 3 is 2.20 bits per heavy atom. The molecule has 0 radical (unpaired) electrons. The summed E-state index contributed by atoms with van der Waals surface area (Å²) in [4.78, 5) is 22.9. The summed E-state index contributed by atoms with van der Waals surface area (Å²) in [5.41, 5.74) is 1.71. The molecule has 0 bridgehead atoms. The molecule has 3 nitrogen and oxygen atoms in total. The lowest BCUT2D eigenvalue weighted by Crippen LogP contribution is -2.36. The van der Waals surface area contributed by atoms with Crippen LogP contribution < -0.4 is 5.32 Å². The van der Waals surface area contributed by atoms with E-state index in [4.69, 9.17) is 0 Å². The van der Waals surface area contributed by atoms with Crippen molar-refractivity contribution < 1.29 is 9.59 Å². The predicted octanol–water partition coefficient (Wildman–Crippen LogP) is 2.62.